The van der Waals surface area contributed by atoms with Crippen LogP contribution in [-0.2, 0) is 26.1 Å². The molecule has 0 radical (unpaired) electrons. The smallest absolute Gasteiger partial charge is 0.194 e. The van der Waals surface area contributed by atoms with Crippen molar-refractivity contribution < 1.29 is 24.5 Å². The summed E-state index contributed by atoms with van der Waals surface area (Å²) in [4.78, 5) is 16.7. The van der Waals surface area contributed by atoms with Crippen LogP contribution < -0.4 is 0 Å². The Bertz CT molecular complexity index is 1230. The Labute approximate surface area is 194 Å². The molecule has 2 aromatic rings. The minimum atomic E-state index is -1.67. The van der Waals surface area contributed by atoms with Crippen molar-refractivity contribution in [2.45, 2.75) is 81.9 Å². The summed E-state index contributed by atoms with van der Waals surface area (Å²) in [7, 11) is 1.55. The van der Waals surface area contributed by atoms with E-state index in [1.807, 2.05) is 6.07 Å². The summed E-state index contributed by atoms with van der Waals surface area (Å²) in [5, 5.41) is 25.3. The van der Waals surface area contributed by atoms with Crippen molar-refractivity contribution in [3.63, 3.8) is 0 Å². The highest BCUT2D eigenvalue weighted by molar-refractivity contribution is 5.98. The zero-order chi connectivity index (χ0) is 23.6. The summed E-state index contributed by atoms with van der Waals surface area (Å²) in [5.74, 6) is -1.28. The fraction of sp³-hybridized carbons (Fsp3) is 0.593. The van der Waals surface area contributed by atoms with Crippen LogP contribution in [0.3, 0.4) is 0 Å². The van der Waals surface area contributed by atoms with E-state index in [0.717, 1.165) is 17.6 Å². The highest BCUT2D eigenvalue weighted by Gasteiger charge is 2.75. The predicted molar refractivity (Wildman–Crippen MR) is 124 cm³/mol. The number of H-pyrrole nitrogens is 1. The SMILES string of the molecule is CO[C@]12CC[C@]3(C)[C@@]4(C)c5[nH]c6ccccc6c5C[C@@H]4C[C@H](O)[C@@]3(O)C1=CC(=O)C(C)(C)O2. The molecule has 1 aromatic heterocycles. The van der Waals surface area contributed by atoms with Gasteiger partial charge in [-0.25, -0.2) is 0 Å². The van der Waals surface area contributed by atoms with Crippen molar-refractivity contribution >= 4 is 16.7 Å². The maximum Gasteiger partial charge on any atom is 0.194 e. The van der Waals surface area contributed by atoms with E-state index in [1.54, 1.807) is 21.0 Å². The first-order chi connectivity index (χ1) is 15.4. The second kappa shape index (κ2) is 6.16. The molecule has 1 aliphatic heterocycles. The monoisotopic (exact) mass is 451 g/mol. The van der Waals surface area contributed by atoms with E-state index in [0.29, 0.717) is 24.8 Å². The molecule has 0 saturated heterocycles. The molecule has 6 heteroatoms. The number of hydrogen-bond donors (Lipinski definition) is 3. The summed E-state index contributed by atoms with van der Waals surface area (Å²) >= 11 is 0. The zero-order valence-electron chi connectivity index (χ0n) is 20.0. The quantitative estimate of drug-likeness (QED) is 0.617. The highest BCUT2D eigenvalue weighted by Crippen LogP contribution is 2.70. The zero-order valence-corrected chi connectivity index (χ0v) is 20.0. The molecule has 3 N–H and O–H groups in total. The van der Waals surface area contributed by atoms with Crippen molar-refractivity contribution in [3.8, 4) is 0 Å². The minimum Gasteiger partial charge on any atom is -0.390 e. The second-order valence-electron chi connectivity index (χ2n) is 11.5. The number of aliphatic hydroxyl groups excluding tert-OH is 1. The number of methoxy groups -OCH3 is 1. The van der Waals surface area contributed by atoms with Crippen LogP contribution in [0.4, 0.5) is 0 Å². The normalized spacial score (nSPS) is 43.5. The molecule has 0 unspecified atom stereocenters. The van der Waals surface area contributed by atoms with Gasteiger partial charge in [0.1, 0.15) is 11.2 Å². The number of aliphatic hydroxyl groups is 2. The van der Waals surface area contributed by atoms with E-state index in [4.69, 9.17) is 9.47 Å². The van der Waals surface area contributed by atoms with Crippen LogP contribution in [0.1, 0.15) is 58.2 Å². The van der Waals surface area contributed by atoms with E-state index in [-0.39, 0.29) is 11.7 Å². The van der Waals surface area contributed by atoms with Gasteiger partial charge in [0.25, 0.3) is 0 Å². The van der Waals surface area contributed by atoms with Gasteiger partial charge in [0.05, 0.1) is 6.10 Å². The molecule has 3 aliphatic carbocycles. The number of rotatable bonds is 1. The number of benzene rings is 1. The molecule has 0 amide bonds. The number of aromatic amines is 1. The number of aromatic nitrogens is 1. The van der Waals surface area contributed by atoms with Crippen LogP contribution in [0.2, 0.25) is 0 Å². The summed E-state index contributed by atoms with van der Waals surface area (Å²) in [6.45, 7) is 7.76. The van der Waals surface area contributed by atoms with Gasteiger partial charge >= 0.3 is 0 Å². The first-order valence-corrected chi connectivity index (χ1v) is 12.0. The molecule has 6 atom stereocenters. The third kappa shape index (κ3) is 2.22. The van der Waals surface area contributed by atoms with Gasteiger partial charge in [0.15, 0.2) is 11.6 Å². The third-order valence-corrected chi connectivity index (χ3v) is 9.97. The van der Waals surface area contributed by atoms with E-state index >= 15 is 0 Å². The molecule has 176 valence electrons. The lowest BCUT2D eigenvalue weighted by Crippen LogP contribution is -2.75. The number of para-hydroxylation sites is 1. The van der Waals surface area contributed by atoms with Crippen LogP contribution in [0, 0.1) is 11.3 Å². The largest absolute Gasteiger partial charge is 0.390 e. The lowest BCUT2D eigenvalue weighted by Gasteiger charge is -2.67. The summed E-state index contributed by atoms with van der Waals surface area (Å²) in [6, 6.07) is 8.32. The third-order valence-electron chi connectivity index (χ3n) is 9.97. The van der Waals surface area contributed by atoms with Crippen LogP contribution in [0.15, 0.2) is 35.9 Å². The van der Waals surface area contributed by atoms with Crippen molar-refractivity contribution in [1.82, 2.24) is 4.98 Å². The average molecular weight is 452 g/mol. The van der Waals surface area contributed by atoms with Crippen LogP contribution in [0.25, 0.3) is 10.9 Å². The number of hydrogen-bond acceptors (Lipinski definition) is 5. The van der Waals surface area contributed by atoms with Gasteiger partial charge < -0.3 is 24.7 Å². The van der Waals surface area contributed by atoms with E-state index in [1.165, 1.54) is 17.0 Å². The predicted octanol–water partition coefficient (Wildman–Crippen LogP) is 3.54. The molecule has 33 heavy (non-hydrogen) atoms. The van der Waals surface area contributed by atoms with Crippen LogP contribution in [0.5, 0.6) is 0 Å². The van der Waals surface area contributed by atoms with Crippen molar-refractivity contribution in [2.75, 3.05) is 7.11 Å². The topological polar surface area (TPSA) is 91.8 Å². The number of ketones is 1. The molecular weight excluding hydrogens is 418 g/mol. The summed E-state index contributed by atoms with van der Waals surface area (Å²) in [6.07, 6.45) is 2.84. The number of fused-ring (bicyclic) bond motifs is 9. The Hall–Kier alpha value is -1.99. The lowest BCUT2D eigenvalue weighted by molar-refractivity contribution is -0.309. The molecule has 2 fully saturated rings. The average Bonchev–Trinajstić information content (AvgIpc) is 3.27. The van der Waals surface area contributed by atoms with Crippen molar-refractivity contribution in [2.24, 2.45) is 11.3 Å². The number of nitrogens with one attached hydrogen (secondary N) is 1. The maximum absolute atomic E-state index is 13.0. The van der Waals surface area contributed by atoms with Crippen LogP contribution in [-0.4, -0.2) is 51.2 Å². The Balaban J connectivity index is 1.60. The molecule has 2 heterocycles. The molecule has 4 aliphatic rings. The molecule has 0 spiro atoms. The fourth-order valence-electron chi connectivity index (χ4n) is 7.87. The van der Waals surface area contributed by atoms with E-state index < -0.39 is 33.9 Å². The molecular formula is C27H33NO5. The maximum atomic E-state index is 13.0. The Morgan fingerprint density at radius 3 is 2.61 bits per heavy atom. The second-order valence-corrected chi connectivity index (χ2v) is 11.5. The van der Waals surface area contributed by atoms with Gasteiger partial charge in [-0.15, -0.1) is 0 Å². The first-order valence-electron chi connectivity index (χ1n) is 12.0. The molecule has 2 saturated carbocycles. The van der Waals surface area contributed by atoms with Gasteiger partial charge in [0.2, 0.25) is 0 Å². The molecule has 6 rings (SSSR count). The number of carbonyl (C=O) groups excluding carboxylic acids is 1. The van der Waals surface area contributed by atoms with Gasteiger partial charge in [-0.05, 0) is 56.7 Å². The lowest BCUT2D eigenvalue weighted by atomic mass is 9.41. The molecule has 0 bridgehead atoms. The molecule has 1 aromatic carbocycles. The standard InChI is InChI=1S/C27H33NO5/c1-23(2)20(29)14-19-26(32-5,33-23)11-10-24(3)25(4)15(13-21(30)27(19,24)31)12-17-16-8-6-7-9-18(16)28-22(17)25/h6-9,14-15,21,28,30-31H,10-13H2,1-5H3/t15-,21+,24-,25-,26+,27+/m1/s1. The minimum absolute atomic E-state index is 0.177. The fourth-order valence-corrected chi connectivity index (χ4v) is 7.87. The van der Waals surface area contributed by atoms with Crippen LogP contribution >= 0.6 is 0 Å². The Kier molecular flexibility index (Phi) is 4.02. The van der Waals surface area contributed by atoms with Gasteiger partial charge in [-0.1, -0.05) is 32.0 Å². The highest BCUT2D eigenvalue weighted by atomic mass is 16.7. The summed E-state index contributed by atoms with van der Waals surface area (Å²) < 4.78 is 12.2. The van der Waals surface area contributed by atoms with Gasteiger partial charge in [0, 0.05) is 46.5 Å². The van der Waals surface area contributed by atoms with E-state index in [9.17, 15) is 15.0 Å². The summed E-state index contributed by atoms with van der Waals surface area (Å²) in [5.41, 5.74) is -0.00222. The van der Waals surface area contributed by atoms with E-state index in [2.05, 4.69) is 37.0 Å². The Morgan fingerprint density at radius 1 is 1.15 bits per heavy atom. The van der Waals surface area contributed by atoms with Gasteiger partial charge in [-0.3, -0.25) is 4.79 Å². The van der Waals surface area contributed by atoms with Crippen molar-refractivity contribution in [1.29, 1.82) is 0 Å². The number of ether oxygens (including phenoxy) is 2. The first kappa shape index (κ1) is 21.5. The molecule has 6 nitrogen and oxygen atoms in total. The van der Waals surface area contributed by atoms with Crippen molar-refractivity contribution in [3.05, 3.63) is 47.2 Å². The Morgan fingerprint density at radius 2 is 1.88 bits per heavy atom. The van der Waals surface area contributed by atoms with Gasteiger partial charge in [-0.2, -0.15) is 0 Å². The number of carbonyl (C=O) groups is 1.